The lowest BCUT2D eigenvalue weighted by atomic mass is 10.1. The van der Waals surface area contributed by atoms with Gasteiger partial charge in [-0.25, -0.2) is 0 Å². The molecule has 1 aromatic carbocycles. The second-order valence-corrected chi connectivity index (χ2v) is 5.71. The third-order valence-electron chi connectivity index (χ3n) is 2.65. The van der Waals surface area contributed by atoms with Gasteiger partial charge in [0, 0.05) is 17.9 Å². The molecule has 0 aliphatic carbocycles. The van der Waals surface area contributed by atoms with Crippen LogP contribution >= 0.6 is 27.7 Å². The van der Waals surface area contributed by atoms with Gasteiger partial charge in [-0.15, -0.1) is 0 Å². The summed E-state index contributed by atoms with van der Waals surface area (Å²) in [5.74, 6) is 1.38. The van der Waals surface area contributed by atoms with E-state index in [2.05, 4.69) is 15.9 Å². The Labute approximate surface area is 118 Å². The number of methoxy groups -OCH3 is 1. The van der Waals surface area contributed by atoms with Gasteiger partial charge < -0.3 is 9.64 Å². The molecule has 6 heteroatoms. The van der Waals surface area contributed by atoms with E-state index in [1.165, 1.54) is 11.8 Å². The van der Waals surface area contributed by atoms with Crippen LogP contribution in [0.25, 0.3) is 0 Å². The van der Waals surface area contributed by atoms with Gasteiger partial charge in [0.15, 0.2) is 5.78 Å². The summed E-state index contributed by atoms with van der Waals surface area (Å²) in [5.41, 5.74) is 0.576. The first-order valence-electron chi connectivity index (χ1n) is 5.40. The van der Waals surface area contributed by atoms with Gasteiger partial charge in [-0.2, -0.15) is 0 Å². The zero-order valence-electron chi connectivity index (χ0n) is 9.81. The maximum absolute atomic E-state index is 12.0. The lowest BCUT2D eigenvalue weighted by Gasteiger charge is -2.13. The smallest absolute Gasteiger partial charge is 0.282 e. The van der Waals surface area contributed by atoms with Gasteiger partial charge in [0.1, 0.15) is 5.75 Å². The molecule has 0 unspecified atom stereocenters. The van der Waals surface area contributed by atoms with Crippen LogP contribution in [0.15, 0.2) is 22.7 Å². The number of ketones is 1. The van der Waals surface area contributed by atoms with E-state index in [-0.39, 0.29) is 17.6 Å². The van der Waals surface area contributed by atoms with Crippen LogP contribution in [0.2, 0.25) is 0 Å². The maximum Gasteiger partial charge on any atom is 0.282 e. The Balaban J connectivity index is 2.09. The predicted octanol–water partition coefficient (Wildman–Crippen LogP) is 2.81. The van der Waals surface area contributed by atoms with E-state index in [9.17, 15) is 9.59 Å². The Morgan fingerprint density at radius 1 is 1.56 bits per heavy atom. The average Bonchev–Trinajstić information content (AvgIpc) is 2.75. The summed E-state index contributed by atoms with van der Waals surface area (Å²) < 4.78 is 5.84. The van der Waals surface area contributed by atoms with Crippen LogP contribution in [0, 0.1) is 0 Å². The number of thioether (sulfide) groups is 1. The number of rotatable bonds is 4. The standard InChI is InChI=1S/C12H12BrNO3S/c1-17-11-3-2-8(6-9(11)13)10(15)7-14-4-5-18-12(14)16/h2-3,6H,4-5,7H2,1H3. The topological polar surface area (TPSA) is 46.6 Å². The molecule has 0 bridgehead atoms. The summed E-state index contributed by atoms with van der Waals surface area (Å²) in [5, 5.41) is -0.0177. The molecule has 1 amide bonds. The molecular weight excluding hydrogens is 318 g/mol. The highest BCUT2D eigenvalue weighted by atomic mass is 79.9. The maximum atomic E-state index is 12.0. The lowest BCUT2D eigenvalue weighted by Crippen LogP contribution is -2.29. The van der Waals surface area contributed by atoms with Crippen LogP contribution in [0.1, 0.15) is 10.4 Å². The lowest BCUT2D eigenvalue weighted by molar-refractivity contribution is 0.0956. The van der Waals surface area contributed by atoms with Gasteiger partial charge in [-0.3, -0.25) is 9.59 Å². The summed E-state index contributed by atoms with van der Waals surface area (Å²) in [7, 11) is 1.57. The molecule has 0 saturated carbocycles. The highest BCUT2D eigenvalue weighted by Crippen LogP contribution is 2.26. The highest BCUT2D eigenvalue weighted by Gasteiger charge is 2.23. The molecule has 1 aliphatic heterocycles. The van der Waals surface area contributed by atoms with Crippen LogP contribution in [-0.4, -0.2) is 41.9 Å². The van der Waals surface area contributed by atoms with Crippen LogP contribution < -0.4 is 4.74 Å². The van der Waals surface area contributed by atoms with Gasteiger partial charge >= 0.3 is 0 Å². The molecule has 1 aliphatic rings. The molecule has 0 N–H and O–H groups in total. The highest BCUT2D eigenvalue weighted by molar-refractivity contribution is 9.10. The van der Waals surface area contributed by atoms with Crippen molar-refractivity contribution in [2.45, 2.75) is 0 Å². The van der Waals surface area contributed by atoms with Gasteiger partial charge in [0.05, 0.1) is 18.1 Å². The summed E-state index contributed by atoms with van der Waals surface area (Å²) in [6.45, 7) is 0.789. The first-order chi connectivity index (χ1) is 8.61. The Hall–Kier alpha value is -1.01. The van der Waals surface area contributed by atoms with Crippen molar-refractivity contribution >= 4 is 38.7 Å². The molecule has 4 nitrogen and oxygen atoms in total. The van der Waals surface area contributed by atoms with Crippen LogP contribution in [0.3, 0.4) is 0 Å². The van der Waals surface area contributed by atoms with Crippen LogP contribution in [0.5, 0.6) is 5.75 Å². The van der Waals surface area contributed by atoms with E-state index in [1.807, 2.05) is 0 Å². The van der Waals surface area contributed by atoms with Crippen molar-refractivity contribution in [1.82, 2.24) is 4.90 Å². The quantitative estimate of drug-likeness (QED) is 0.797. The van der Waals surface area contributed by atoms with E-state index < -0.39 is 0 Å². The van der Waals surface area contributed by atoms with Crippen molar-refractivity contribution in [3.63, 3.8) is 0 Å². The van der Waals surface area contributed by atoms with Crippen molar-refractivity contribution in [1.29, 1.82) is 0 Å². The minimum absolute atomic E-state index is 0.0177. The number of hydrogen-bond acceptors (Lipinski definition) is 4. The van der Waals surface area contributed by atoms with Crippen molar-refractivity contribution in [2.75, 3.05) is 26.0 Å². The third kappa shape index (κ3) is 2.87. The first kappa shape index (κ1) is 13.4. The monoisotopic (exact) mass is 329 g/mol. The molecule has 1 aromatic rings. The number of hydrogen-bond donors (Lipinski definition) is 0. The van der Waals surface area contributed by atoms with Gasteiger partial charge in [0.2, 0.25) is 0 Å². The number of carbonyl (C=O) groups is 2. The summed E-state index contributed by atoms with van der Waals surface area (Å²) in [6.07, 6.45) is 0. The predicted molar refractivity (Wildman–Crippen MR) is 74.5 cm³/mol. The Bertz CT molecular complexity index is 492. The largest absolute Gasteiger partial charge is 0.496 e. The summed E-state index contributed by atoms with van der Waals surface area (Å²) >= 11 is 4.60. The number of ether oxygens (including phenoxy) is 1. The molecule has 1 heterocycles. The second kappa shape index (κ2) is 5.75. The van der Waals surface area contributed by atoms with E-state index in [1.54, 1.807) is 30.2 Å². The Kier molecular flexibility index (Phi) is 4.29. The number of amides is 1. The van der Waals surface area contributed by atoms with E-state index in [0.717, 1.165) is 10.2 Å². The molecule has 96 valence electrons. The SMILES string of the molecule is COc1ccc(C(=O)CN2CCSC2=O)cc1Br. The number of benzene rings is 1. The fraction of sp³-hybridized carbons (Fsp3) is 0.333. The van der Waals surface area contributed by atoms with Crippen molar-refractivity contribution in [3.05, 3.63) is 28.2 Å². The number of Topliss-reactive ketones (excluding diaryl/α,β-unsaturated/α-hetero) is 1. The normalized spacial score (nSPS) is 15.0. The molecule has 1 saturated heterocycles. The van der Waals surface area contributed by atoms with E-state index in [0.29, 0.717) is 17.9 Å². The van der Waals surface area contributed by atoms with Gasteiger partial charge in [0.25, 0.3) is 5.24 Å². The molecule has 0 atom stereocenters. The fourth-order valence-electron chi connectivity index (χ4n) is 1.67. The average molecular weight is 330 g/mol. The summed E-state index contributed by atoms with van der Waals surface area (Å²) in [6, 6.07) is 5.16. The third-order valence-corrected chi connectivity index (χ3v) is 4.16. The van der Waals surface area contributed by atoms with Crippen LogP contribution in [-0.2, 0) is 0 Å². The number of nitrogens with zero attached hydrogens (tertiary/aromatic N) is 1. The Morgan fingerprint density at radius 2 is 2.33 bits per heavy atom. The van der Waals surface area contributed by atoms with Gasteiger partial charge in [-0.05, 0) is 34.1 Å². The zero-order chi connectivity index (χ0) is 13.1. The molecule has 0 spiro atoms. The minimum Gasteiger partial charge on any atom is -0.496 e. The molecule has 0 aromatic heterocycles. The molecule has 18 heavy (non-hydrogen) atoms. The van der Waals surface area contributed by atoms with E-state index in [4.69, 9.17) is 4.74 Å². The number of halogens is 1. The zero-order valence-corrected chi connectivity index (χ0v) is 12.2. The fourth-order valence-corrected chi connectivity index (χ4v) is 3.04. The van der Waals surface area contributed by atoms with E-state index >= 15 is 0 Å². The van der Waals surface area contributed by atoms with Crippen LogP contribution in [0.4, 0.5) is 4.79 Å². The molecular formula is C12H12BrNO3S. The Morgan fingerprint density at radius 3 is 2.89 bits per heavy atom. The summed E-state index contributed by atoms with van der Waals surface area (Å²) in [4.78, 5) is 25.0. The first-order valence-corrected chi connectivity index (χ1v) is 7.18. The van der Waals surface area contributed by atoms with Crippen molar-refractivity contribution in [2.24, 2.45) is 0 Å². The molecule has 1 fully saturated rings. The van der Waals surface area contributed by atoms with Crippen molar-refractivity contribution < 1.29 is 14.3 Å². The van der Waals surface area contributed by atoms with Crippen molar-refractivity contribution in [3.8, 4) is 5.75 Å². The van der Waals surface area contributed by atoms with Gasteiger partial charge in [-0.1, -0.05) is 11.8 Å². The second-order valence-electron chi connectivity index (χ2n) is 3.81. The molecule has 0 radical (unpaired) electrons. The molecule has 2 rings (SSSR count). The number of carbonyl (C=O) groups excluding carboxylic acids is 2. The minimum atomic E-state index is -0.0609.